The molecule has 0 aliphatic heterocycles. The maximum Gasteiger partial charge on any atom is 0.0255 e. The van der Waals surface area contributed by atoms with E-state index in [2.05, 4.69) is 38.4 Å². The van der Waals surface area contributed by atoms with Gasteiger partial charge in [0.15, 0.2) is 0 Å². The second kappa shape index (κ2) is 11.6. The van der Waals surface area contributed by atoms with Crippen molar-refractivity contribution in [2.75, 3.05) is 0 Å². The van der Waals surface area contributed by atoms with E-state index in [9.17, 15) is 0 Å². The molecule has 0 aliphatic carbocycles. The Bertz CT molecular complexity index is 130. The third-order valence-electron chi connectivity index (χ3n) is 2.81. The Hall–Kier alpha value is -0.460. The Morgan fingerprint density at radius 3 is 1.87 bits per heavy atom. The summed E-state index contributed by atoms with van der Waals surface area (Å²) >= 11 is 0. The summed E-state index contributed by atoms with van der Waals surface area (Å²) in [5, 5.41) is 3.51. The minimum atomic E-state index is 0.708. The van der Waals surface area contributed by atoms with Crippen LogP contribution >= 0.6 is 0 Å². The van der Waals surface area contributed by atoms with Crippen LogP contribution < -0.4 is 5.32 Å². The van der Waals surface area contributed by atoms with Crippen molar-refractivity contribution in [3.63, 3.8) is 0 Å². The van der Waals surface area contributed by atoms with Gasteiger partial charge in [0.25, 0.3) is 0 Å². The molecule has 0 aromatic carbocycles. The van der Waals surface area contributed by atoms with Crippen molar-refractivity contribution >= 4 is 0 Å². The largest absolute Gasteiger partial charge is 0.388 e. The third-order valence-corrected chi connectivity index (χ3v) is 2.81. The molecule has 0 heterocycles. The molecule has 0 atom stereocenters. The van der Waals surface area contributed by atoms with Crippen molar-refractivity contribution < 1.29 is 0 Å². The molecular weight excluding hydrogens is 182 g/mol. The topological polar surface area (TPSA) is 12.0 Å². The van der Waals surface area contributed by atoms with Crippen LogP contribution in [0.1, 0.15) is 72.1 Å². The van der Waals surface area contributed by atoms with Crippen molar-refractivity contribution in [3.8, 4) is 0 Å². The van der Waals surface area contributed by atoms with Gasteiger partial charge in [0, 0.05) is 6.04 Å². The Kier molecular flexibility index (Phi) is 11.3. The van der Waals surface area contributed by atoms with Crippen LogP contribution in [0, 0.1) is 0 Å². The molecule has 90 valence electrons. The van der Waals surface area contributed by atoms with E-state index in [1.54, 1.807) is 0 Å². The minimum absolute atomic E-state index is 0.708. The zero-order valence-corrected chi connectivity index (χ0v) is 10.9. The minimum Gasteiger partial charge on any atom is -0.388 e. The van der Waals surface area contributed by atoms with E-state index in [1.165, 1.54) is 51.4 Å². The first-order chi connectivity index (χ1) is 7.35. The number of unbranched alkanes of at least 4 members (excludes halogenated alkanes) is 4. The smallest absolute Gasteiger partial charge is 0.0255 e. The molecule has 0 aromatic heterocycles. The van der Waals surface area contributed by atoms with Gasteiger partial charge in [-0.2, -0.15) is 0 Å². The lowest BCUT2D eigenvalue weighted by Gasteiger charge is -2.17. The fraction of sp³-hybridized carbons (Fsp3) is 0.857. The Balaban J connectivity index is 3.63. The summed E-state index contributed by atoms with van der Waals surface area (Å²) < 4.78 is 0. The number of hydrogen-bond acceptors (Lipinski definition) is 1. The lowest BCUT2D eigenvalue weighted by molar-refractivity contribution is 0.458. The van der Waals surface area contributed by atoms with Gasteiger partial charge in [-0.3, -0.25) is 0 Å². The second-order valence-electron chi connectivity index (χ2n) is 4.36. The van der Waals surface area contributed by atoms with Crippen molar-refractivity contribution in [3.05, 3.63) is 12.3 Å². The van der Waals surface area contributed by atoms with Crippen LogP contribution in [-0.4, -0.2) is 6.04 Å². The molecule has 0 bridgehead atoms. The van der Waals surface area contributed by atoms with Crippen LogP contribution in [0.25, 0.3) is 0 Å². The number of rotatable bonds is 10. The number of nitrogens with one attached hydrogen (secondary N) is 1. The predicted octanol–water partition coefficient (Wildman–Crippen LogP) is 4.64. The van der Waals surface area contributed by atoms with Crippen molar-refractivity contribution in [1.82, 2.24) is 5.32 Å². The predicted molar refractivity (Wildman–Crippen MR) is 70.0 cm³/mol. The van der Waals surface area contributed by atoms with Gasteiger partial charge >= 0.3 is 0 Å². The van der Waals surface area contributed by atoms with E-state index < -0.39 is 0 Å². The molecular formula is C14H29N. The molecule has 0 saturated carbocycles. The van der Waals surface area contributed by atoms with Crippen molar-refractivity contribution in [2.45, 2.75) is 78.2 Å². The van der Waals surface area contributed by atoms with Crippen LogP contribution in [-0.2, 0) is 0 Å². The Morgan fingerprint density at radius 1 is 0.933 bits per heavy atom. The molecule has 0 saturated heterocycles. The molecule has 1 N–H and O–H groups in total. The molecule has 0 rings (SSSR count). The summed E-state index contributed by atoms with van der Waals surface area (Å²) in [6.45, 7) is 6.61. The first-order valence-corrected chi connectivity index (χ1v) is 6.72. The Morgan fingerprint density at radius 2 is 1.47 bits per heavy atom. The van der Waals surface area contributed by atoms with Gasteiger partial charge in [-0.1, -0.05) is 58.4 Å². The third kappa shape index (κ3) is 9.84. The molecule has 1 heteroatoms. The Labute approximate surface area is 96.3 Å². The second-order valence-corrected chi connectivity index (χ2v) is 4.36. The van der Waals surface area contributed by atoms with E-state index in [1.807, 2.05) is 0 Å². The molecule has 15 heavy (non-hydrogen) atoms. The summed E-state index contributed by atoms with van der Waals surface area (Å²) in [6.07, 6.45) is 15.0. The van der Waals surface area contributed by atoms with Crippen molar-refractivity contribution in [2.24, 2.45) is 0 Å². The summed E-state index contributed by atoms with van der Waals surface area (Å²) in [5.74, 6) is 0. The fourth-order valence-corrected chi connectivity index (χ4v) is 1.82. The molecule has 0 aliphatic rings. The van der Waals surface area contributed by atoms with Crippen LogP contribution in [0.15, 0.2) is 12.3 Å². The molecule has 0 spiro atoms. The number of allylic oxidation sites excluding steroid dienone is 1. The average Bonchev–Trinajstić information content (AvgIpc) is 2.25. The van der Waals surface area contributed by atoms with Crippen molar-refractivity contribution in [1.29, 1.82) is 0 Å². The highest BCUT2D eigenvalue weighted by Gasteiger charge is 2.04. The average molecular weight is 211 g/mol. The van der Waals surface area contributed by atoms with E-state index >= 15 is 0 Å². The molecule has 0 unspecified atom stereocenters. The zero-order chi connectivity index (χ0) is 11.4. The standard InChI is InChI=1S/C14H29N/c1-4-7-9-11-14(15-13-6-3)12-10-8-5-2/h6,13-15H,4-5,7-12H2,1-3H3/b13-6+. The van der Waals surface area contributed by atoms with Gasteiger partial charge in [0.05, 0.1) is 0 Å². The molecule has 0 radical (unpaired) electrons. The van der Waals surface area contributed by atoms with Crippen LogP contribution in [0.5, 0.6) is 0 Å². The molecule has 1 nitrogen and oxygen atoms in total. The quantitative estimate of drug-likeness (QED) is 0.519. The van der Waals surface area contributed by atoms with Gasteiger partial charge < -0.3 is 5.32 Å². The van der Waals surface area contributed by atoms with Crippen LogP contribution in [0.4, 0.5) is 0 Å². The lowest BCUT2D eigenvalue weighted by Crippen LogP contribution is -2.24. The fourth-order valence-electron chi connectivity index (χ4n) is 1.82. The summed E-state index contributed by atoms with van der Waals surface area (Å²) in [6, 6.07) is 0.708. The maximum absolute atomic E-state index is 3.51. The highest BCUT2D eigenvalue weighted by Crippen LogP contribution is 2.10. The van der Waals surface area contributed by atoms with E-state index in [0.29, 0.717) is 6.04 Å². The normalized spacial score (nSPS) is 11.5. The maximum atomic E-state index is 3.51. The van der Waals surface area contributed by atoms with Gasteiger partial charge in [0.1, 0.15) is 0 Å². The summed E-state index contributed by atoms with van der Waals surface area (Å²) in [4.78, 5) is 0. The molecule has 0 amide bonds. The van der Waals surface area contributed by atoms with E-state index in [4.69, 9.17) is 0 Å². The summed E-state index contributed by atoms with van der Waals surface area (Å²) in [7, 11) is 0. The number of hydrogen-bond donors (Lipinski definition) is 1. The first kappa shape index (κ1) is 14.5. The summed E-state index contributed by atoms with van der Waals surface area (Å²) in [5.41, 5.74) is 0. The molecule has 0 fully saturated rings. The SMILES string of the molecule is C/C=C/NC(CCCCC)CCCCC. The van der Waals surface area contributed by atoms with E-state index in [0.717, 1.165) is 0 Å². The first-order valence-electron chi connectivity index (χ1n) is 6.72. The monoisotopic (exact) mass is 211 g/mol. The van der Waals surface area contributed by atoms with Gasteiger partial charge in [0.2, 0.25) is 0 Å². The highest BCUT2D eigenvalue weighted by molar-refractivity contribution is 4.79. The van der Waals surface area contributed by atoms with Crippen LogP contribution in [0.3, 0.4) is 0 Å². The lowest BCUT2D eigenvalue weighted by atomic mass is 10.0. The van der Waals surface area contributed by atoms with Crippen LogP contribution in [0.2, 0.25) is 0 Å². The van der Waals surface area contributed by atoms with Gasteiger partial charge in [-0.05, 0) is 26.0 Å². The van der Waals surface area contributed by atoms with Gasteiger partial charge in [-0.25, -0.2) is 0 Å². The van der Waals surface area contributed by atoms with Gasteiger partial charge in [-0.15, -0.1) is 0 Å². The highest BCUT2D eigenvalue weighted by atomic mass is 14.9. The van der Waals surface area contributed by atoms with E-state index in [-0.39, 0.29) is 0 Å². The molecule has 0 aromatic rings. The zero-order valence-electron chi connectivity index (χ0n) is 10.9.